The second-order valence-electron chi connectivity index (χ2n) is 2.44. The zero-order chi connectivity index (χ0) is 12.1. The van der Waals surface area contributed by atoms with Crippen LogP contribution in [0.2, 0.25) is 0 Å². The van der Waals surface area contributed by atoms with Gasteiger partial charge in [-0.15, -0.1) is 0 Å². The summed E-state index contributed by atoms with van der Waals surface area (Å²) >= 11 is 0. The molecule has 0 unspecified atom stereocenters. The number of hydrogen-bond donors (Lipinski definition) is 3. The molecule has 0 fully saturated rings. The monoisotopic (exact) mass is 205 g/mol. The zero-order valence-electron chi connectivity index (χ0n) is 8.87. The van der Waals surface area contributed by atoms with E-state index < -0.39 is 0 Å². The van der Waals surface area contributed by atoms with Crippen molar-refractivity contribution < 1.29 is 14.4 Å². The van der Waals surface area contributed by atoms with Gasteiger partial charge in [0.1, 0.15) is 0 Å². The predicted octanol–water partition coefficient (Wildman–Crippen LogP) is -0.745. The van der Waals surface area contributed by atoms with Crippen LogP contribution >= 0.6 is 0 Å². The minimum absolute atomic E-state index is 0.211. The third-order valence-electron chi connectivity index (χ3n) is 0.496. The van der Waals surface area contributed by atoms with Crippen LogP contribution in [0.5, 0.6) is 0 Å². The van der Waals surface area contributed by atoms with Gasteiger partial charge in [0.2, 0.25) is 17.7 Å². The minimum Gasteiger partial charge on any atom is -0.370 e. The van der Waals surface area contributed by atoms with E-state index >= 15 is 0 Å². The van der Waals surface area contributed by atoms with Crippen molar-refractivity contribution in [2.45, 2.75) is 33.6 Å². The van der Waals surface area contributed by atoms with Crippen molar-refractivity contribution in [3.63, 3.8) is 0 Å². The van der Waals surface area contributed by atoms with Crippen molar-refractivity contribution >= 4 is 17.7 Å². The smallest absolute Gasteiger partial charge is 0.217 e. The fourth-order valence-electron chi connectivity index (χ4n) is 0.246. The fraction of sp³-hybridized carbons (Fsp3) is 0.625. The summed E-state index contributed by atoms with van der Waals surface area (Å²) in [6, 6.07) is 0. The number of nitrogens with two attached hydrogens (primary N) is 3. The van der Waals surface area contributed by atoms with Crippen molar-refractivity contribution in [1.29, 1.82) is 0 Å². The molecule has 0 aliphatic heterocycles. The number of carbonyl (C=O) groups is 3. The molecule has 0 saturated carbocycles. The SMILES string of the molecule is CC(N)=O.CC(N)=O.CCCC(N)=O. The van der Waals surface area contributed by atoms with E-state index in [1.54, 1.807) is 0 Å². The number of carbonyl (C=O) groups excluding carboxylic acids is 3. The van der Waals surface area contributed by atoms with E-state index in [2.05, 4.69) is 11.5 Å². The Hall–Kier alpha value is -1.59. The van der Waals surface area contributed by atoms with Gasteiger partial charge >= 0.3 is 0 Å². The highest BCUT2D eigenvalue weighted by atomic mass is 16.1. The predicted molar refractivity (Wildman–Crippen MR) is 53.8 cm³/mol. The molecule has 14 heavy (non-hydrogen) atoms. The molecular weight excluding hydrogens is 186 g/mol. The van der Waals surface area contributed by atoms with E-state index in [4.69, 9.17) is 5.73 Å². The lowest BCUT2D eigenvalue weighted by atomic mass is 10.3. The first kappa shape index (κ1) is 18.2. The van der Waals surface area contributed by atoms with Gasteiger partial charge in [0.15, 0.2) is 0 Å². The minimum atomic E-state index is -0.333. The molecule has 0 saturated heterocycles. The molecule has 0 bridgehead atoms. The average molecular weight is 205 g/mol. The highest BCUT2D eigenvalue weighted by Gasteiger charge is 1.84. The molecule has 6 heteroatoms. The van der Waals surface area contributed by atoms with Crippen molar-refractivity contribution in [2.24, 2.45) is 17.2 Å². The molecule has 0 aromatic rings. The summed E-state index contributed by atoms with van der Waals surface area (Å²) < 4.78 is 0. The van der Waals surface area contributed by atoms with Crippen LogP contribution in [0.25, 0.3) is 0 Å². The average Bonchev–Trinajstić information content (AvgIpc) is 1.82. The molecule has 6 N–H and O–H groups in total. The maximum Gasteiger partial charge on any atom is 0.217 e. The Morgan fingerprint density at radius 1 is 0.929 bits per heavy atom. The molecule has 0 aromatic heterocycles. The van der Waals surface area contributed by atoms with Crippen LogP contribution in [0.3, 0.4) is 0 Å². The molecule has 3 amide bonds. The molecule has 0 aliphatic rings. The topological polar surface area (TPSA) is 129 Å². The Morgan fingerprint density at radius 3 is 1.14 bits per heavy atom. The Morgan fingerprint density at radius 2 is 1.14 bits per heavy atom. The number of amides is 3. The molecule has 0 spiro atoms. The largest absolute Gasteiger partial charge is 0.370 e. The third-order valence-corrected chi connectivity index (χ3v) is 0.496. The lowest BCUT2D eigenvalue weighted by Gasteiger charge is -1.81. The molecule has 0 atom stereocenters. The van der Waals surface area contributed by atoms with Crippen molar-refractivity contribution in [3.8, 4) is 0 Å². The fourth-order valence-corrected chi connectivity index (χ4v) is 0.246. The van der Waals surface area contributed by atoms with E-state index in [9.17, 15) is 14.4 Å². The summed E-state index contributed by atoms with van der Waals surface area (Å²) in [5, 5.41) is 0. The van der Waals surface area contributed by atoms with Crippen molar-refractivity contribution in [2.75, 3.05) is 0 Å². The molecule has 0 heterocycles. The molecule has 0 aliphatic carbocycles. The summed E-state index contributed by atoms with van der Waals surface area (Å²) in [6.45, 7) is 4.53. The van der Waals surface area contributed by atoms with Gasteiger partial charge in [0, 0.05) is 20.3 Å². The molecule has 0 radical (unpaired) electrons. The van der Waals surface area contributed by atoms with Crippen LogP contribution in [-0.2, 0) is 14.4 Å². The Labute approximate surface area is 83.8 Å². The summed E-state index contributed by atoms with van der Waals surface area (Å²) in [7, 11) is 0. The number of hydrogen-bond acceptors (Lipinski definition) is 3. The Bertz CT molecular complexity index is 161. The van der Waals surface area contributed by atoms with Crippen LogP contribution in [0.1, 0.15) is 33.6 Å². The first-order chi connectivity index (χ1) is 6.23. The molecule has 0 aromatic carbocycles. The van der Waals surface area contributed by atoms with Gasteiger partial charge in [-0.05, 0) is 6.42 Å². The van der Waals surface area contributed by atoms with E-state index in [-0.39, 0.29) is 17.7 Å². The van der Waals surface area contributed by atoms with Gasteiger partial charge in [-0.2, -0.15) is 0 Å². The van der Waals surface area contributed by atoms with Crippen molar-refractivity contribution in [1.82, 2.24) is 0 Å². The normalized spacial score (nSPS) is 7.07. The highest BCUT2D eigenvalue weighted by molar-refractivity contribution is 5.73. The van der Waals surface area contributed by atoms with Crippen LogP contribution in [0.15, 0.2) is 0 Å². The van der Waals surface area contributed by atoms with E-state index in [0.717, 1.165) is 6.42 Å². The Balaban J connectivity index is -0.000000135. The first-order valence-electron chi connectivity index (χ1n) is 4.04. The van der Waals surface area contributed by atoms with Gasteiger partial charge in [-0.25, -0.2) is 0 Å². The van der Waals surface area contributed by atoms with Crippen LogP contribution in [-0.4, -0.2) is 17.7 Å². The van der Waals surface area contributed by atoms with Gasteiger partial charge in [-0.1, -0.05) is 6.92 Å². The number of rotatable bonds is 2. The van der Waals surface area contributed by atoms with E-state index in [1.807, 2.05) is 6.92 Å². The van der Waals surface area contributed by atoms with Gasteiger partial charge in [-0.3, -0.25) is 14.4 Å². The van der Waals surface area contributed by atoms with Crippen LogP contribution in [0, 0.1) is 0 Å². The maximum atomic E-state index is 9.82. The van der Waals surface area contributed by atoms with E-state index in [1.165, 1.54) is 13.8 Å². The zero-order valence-corrected chi connectivity index (χ0v) is 8.87. The van der Waals surface area contributed by atoms with Crippen molar-refractivity contribution in [3.05, 3.63) is 0 Å². The van der Waals surface area contributed by atoms with Crippen LogP contribution < -0.4 is 17.2 Å². The molecule has 84 valence electrons. The highest BCUT2D eigenvalue weighted by Crippen LogP contribution is 1.79. The summed E-state index contributed by atoms with van der Waals surface area (Å²) in [6.07, 6.45) is 1.37. The molecule has 6 nitrogen and oxygen atoms in total. The maximum absolute atomic E-state index is 9.82. The summed E-state index contributed by atoms with van der Waals surface area (Å²) in [4.78, 5) is 28.3. The third kappa shape index (κ3) is 464. The standard InChI is InChI=1S/C4H9NO.2C2H5NO/c1-2-3-4(5)6;2*1-2(3)4/h2-3H2,1H3,(H2,5,6);2*1H3,(H2,3,4). The van der Waals surface area contributed by atoms with Gasteiger partial charge in [0.25, 0.3) is 0 Å². The van der Waals surface area contributed by atoms with Gasteiger partial charge < -0.3 is 17.2 Å². The Kier molecular flexibility index (Phi) is 18.2. The number of primary amides is 3. The lowest BCUT2D eigenvalue weighted by Crippen LogP contribution is -2.08. The summed E-state index contributed by atoms with van der Waals surface area (Å²) in [5.74, 6) is -0.877. The summed E-state index contributed by atoms with van der Waals surface area (Å²) in [5.41, 5.74) is 13.7. The van der Waals surface area contributed by atoms with E-state index in [0.29, 0.717) is 6.42 Å². The molecular formula is C8H19N3O3. The second-order valence-corrected chi connectivity index (χ2v) is 2.44. The van der Waals surface area contributed by atoms with Gasteiger partial charge in [0.05, 0.1) is 0 Å². The van der Waals surface area contributed by atoms with Crippen LogP contribution in [0.4, 0.5) is 0 Å². The quantitative estimate of drug-likeness (QED) is 0.548. The second kappa shape index (κ2) is 14.0. The first-order valence-corrected chi connectivity index (χ1v) is 4.04. The molecule has 0 rings (SSSR count). The lowest BCUT2D eigenvalue weighted by molar-refractivity contribution is -0.118.